The molecule has 0 radical (unpaired) electrons. The van der Waals surface area contributed by atoms with Gasteiger partial charge in [-0.3, -0.25) is 4.90 Å². The molecule has 2 fully saturated rings. The normalized spacial score (nSPS) is 21.9. The van der Waals surface area contributed by atoms with Crippen LogP contribution in [-0.2, 0) is 11.3 Å². The number of H-pyrrole nitrogens is 1. The summed E-state index contributed by atoms with van der Waals surface area (Å²) in [5, 5.41) is 1.32. The zero-order valence-corrected chi connectivity index (χ0v) is 14.7. The molecule has 0 amide bonds. The lowest BCUT2D eigenvalue weighted by Crippen LogP contribution is -2.64. The lowest BCUT2D eigenvalue weighted by atomic mass is 9.81. The van der Waals surface area contributed by atoms with Crippen LogP contribution in [0.15, 0.2) is 54.9 Å². The molecule has 0 aliphatic carbocycles. The van der Waals surface area contributed by atoms with E-state index in [9.17, 15) is 0 Å². The highest BCUT2D eigenvalue weighted by Gasteiger charge is 2.53. The third kappa shape index (κ3) is 2.77. The number of benzene rings is 1. The van der Waals surface area contributed by atoms with Gasteiger partial charge in [-0.25, -0.2) is 4.98 Å². The number of aromatic amines is 1. The van der Waals surface area contributed by atoms with Crippen LogP contribution in [0, 0.1) is 5.92 Å². The molecule has 5 nitrogen and oxygen atoms in total. The van der Waals surface area contributed by atoms with Gasteiger partial charge in [0.1, 0.15) is 0 Å². The van der Waals surface area contributed by atoms with E-state index in [-0.39, 0.29) is 5.60 Å². The average molecular weight is 349 g/mol. The molecule has 2 aliphatic heterocycles. The molecule has 1 N–H and O–H groups in total. The number of nitrogens with one attached hydrogen (secondary N) is 1. The Kier molecular flexibility index (Phi) is 3.91. The van der Waals surface area contributed by atoms with Crippen LogP contribution in [-0.4, -0.2) is 46.8 Å². The second-order valence-corrected chi connectivity index (χ2v) is 7.38. The zero-order chi connectivity index (χ0) is 17.4. The van der Waals surface area contributed by atoms with Gasteiger partial charge in [0, 0.05) is 61.5 Å². The highest BCUT2D eigenvalue weighted by molar-refractivity contribution is 5.82. The van der Waals surface area contributed by atoms with Crippen molar-refractivity contribution in [3.05, 3.63) is 60.4 Å². The fourth-order valence-electron chi connectivity index (χ4n) is 4.34. The van der Waals surface area contributed by atoms with Gasteiger partial charge in [0.15, 0.2) is 0 Å². The van der Waals surface area contributed by atoms with E-state index in [1.807, 2.05) is 24.4 Å². The lowest BCUT2D eigenvalue weighted by Gasteiger charge is -2.50. The van der Waals surface area contributed by atoms with Crippen LogP contribution in [0.2, 0.25) is 0 Å². The molecule has 1 aromatic carbocycles. The van der Waals surface area contributed by atoms with Crippen LogP contribution in [0.4, 0.5) is 0 Å². The molecule has 2 saturated heterocycles. The Bertz CT molecular complexity index is 886. The first-order chi connectivity index (χ1) is 12.8. The highest BCUT2D eigenvalue weighted by Crippen LogP contribution is 2.41. The van der Waals surface area contributed by atoms with Gasteiger partial charge in [-0.15, -0.1) is 0 Å². The third-order valence-corrected chi connectivity index (χ3v) is 5.73. The molecule has 5 rings (SSSR count). The van der Waals surface area contributed by atoms with Crippen LogP contribution in [0.1, 0.15) is 12.0 Å². The first-order valence-electron chi connectivity index (χ1n) is 9.28. The second kappa shape index (κ2) is 6.41. The molecule has 5 heteroatoms. The van der Waals surface area contributed by atoms with Gasteiger partial charge in [-0.05, 0) is 30.2 Å². The van der Waals surface area contributed by atoms with Crippen molar-refractivity contribution in [3.63, 3.8) is 0 Å². The average Bonchev–Trinajstić information content (AvgIpc) is 3.28. The SMILES string of the molecule is c1ccc(OCC2CCOC23CN(Cc2cccc4[nH]ccc24)C3)nc1. The molecule has 4 heterocycles. The fourth-order valence-corrected chi connectivity index (χ4v) is 4.34. The largest absolute Gasteiger partial charge is 0.477 e. The highest BCUT2D eigenvalue weighted by atomic mass is 16.5. The van der Waals surface area contributed by atoms with Crippen LogP contribution in [0.5, 0.6) is 5.88 Å². The van der Waals surface area contributed by atoms with E-state index in [2.05, 4.69) is 39.1 Å². The van der Waals surface area contributed by atoms with Crippen LogP contribution in [0.3, 0.4) is 0 Å². The minimum Gasteiger partial charge on any atom is -0.477 e. The smallest absolute Gasteiger partial charge is 0.213 e. The summed E-state index contributed by atoms with van der Waals surface area (Å²) in [7, 11) is 0. The van der Waals surface area contributed by atoms with Gasteiger partial charge in [0.05, 0.1) is 12.2 Å². The topological polar surface area (TPSA) is 50.4 Å². The molecule has 1 unspecified atom stereocenters. The van der Waals surface area contributed by atoms with E-state index in [1.54, 1.807) is 6.20 Å². The van der Waals surface area contributed by atoms with Gasteiger partial charge in [-0.2, -0.15) is 0 Å². The van der Waals surface area contributed by atoms with E-state index in [4.69, 9.17) is 9.47 Å². The summed E-state index contributed by atoms with van der Waals surface area (Å²) >= 11 is 0. The second-order valence-electron chi connectivity index (χ2n) is 7.38. The first kappa shape index (κ1) is 15.9. The van der Waals surface area contributed by atoms with E-state index in [1.165, 1.54) is 16.5 Å². The Hall–Kier alpha value is -2.37. The van der Waals surface area contributed by atoms with E-state index >= 15 is 0 Å². The number of nitrogens with zero attached hydrogens (tertiary/aromatic N) is 2. The van der Waals surface area contributed by atoms with Gasteiger partial charge < -0.3 is 14.5 Å². The van der Waals surface area contributed by atoms with Crippen LogP contribution in [0.25, 0.3) is 10.9 Å². The number of aromatic nitrogens is 2. The molecule has 0 saturated carbocycles. The third-order valence-electron chi connectivity index (χ3n) is 5.73. The van der Waals surface area contributed by atoms with E-state index in [0.29, 0.717) is 18.4 Å². The van der Waals surface area contributed by atoms with E-state index in [0.717, 1.165) is 32.7 Å². The Morgan fingerprint density at radius 2 is 2.15 bits per heavy atom. The molecule has 0 bridgehead atoms. The van der Waals surface area contributed by atoms with Gasteiger partial charge in [0.25, 0.3) is 0 Å². The van der Waals surface area contributed by atoms with Crippen molar-refractivity contribution in [2.45, 2.75) is 18.6 Å². The molecule has 2 aromatic heterocycles. The number of fused-ring (bicyclic) bond motifs is 1. The number of rotatable bonds is 5. The predicted octanol–water partition coefficient (Wildman–Crippen LogP) is 3.23. The molecule has 1 atom stereocenters. The first-order valence-corrected chi connectivity index (χ1v) is 9.28. The number of hydrogen-bond acceptors (Lipinski definition) is 4. The molecule has 1 spiro atoms. The predicted molar refractivity (Wildman–Crippen MR) is 100 cm³/mol. The minimum atomic E-state index is -0.0409. The van der Waals surface area contributed by atoms with E-state index < -0.39 is 0 Å². The Balaban J connectivity index is 1.22. The minimum absolute atomic E-state index is 0.0409. The van der Waals surface area contributed by atoms with Crippen molar-refractivity contribution in [2.75, 3.05) is 26.3 Å². The van der Waals surface area contributed by atoms with Crippen molar-refractivity contribution in [1.29, 1.82) is 0 Å². The maximum Gasteiger partial charge on any atom is 0.213 e. The van der Waals surface area contributed by atoms with Crippen molar-refractivity contribution in [3.8, 4) is 5.88 Å². The summed E-state index contributed by atoms with van der Waals surface area (Å²) in [6, 6.07) is 14.4. The lowest BCUT2D eigenvalue weighted by molar-refractivity contribution is -0.140. The molecular formula is C21H23N3O2. The quantitative estimate of drug-likeness (QED) is 0.768. The van der Waals surface area contributed by atoms with Crippen molar-refractivity contribution in [2.24, 2.45) is 5.92 Å². The monoisotopic (exact) mass is 349 g/mol. The zero-order valence-electron chi connectivity index (χ0n) is 14.7. The number of hydrogen-bond donors (Lipinski definition) is 1. The molecule has 134 valence electrons. The summed E-state index contributed by atoms with van der Waals surface area (Å²) in [6.45, 7) is 4.43. The maximum atomic E-state index is 6.17. The summed E-state index contributed by atoms with van der Waals surface area (Å²) < 4.78 is 12.1. The van der Waals surface area contributed by atoms with Crippen molar-refractivity contribution < 1.29 is 9.47 Å². The van der Waals surface area contributed by atoms with Crippen molar-refractivity contribution >= 4 is 10.9 Å². The summed E-state index contributed by atoms with van der Waals surface area (Å²) in [6.07, 6.45) is 4.84. The van der Waals surface area contributed by atoms with Crippen LogP contribution < -0.4 is 4.74 Å². The summed E-state index contributed by atoms with van der Waals surface area (Å²) in [5.41, 5.74) is 2.54. The molecule has 2 aliphatic rings. The Morgan fingerprint density at radius 3 is 3.04 bits per heavy atom. The fraction of sp³-hybridized carbons (Fsp3) is 0.381. The summed E-state index contributed by atoms with van der Waals surface area (Å²) in [4.78, 5) is 10.0. The Labute approximate surface area is 152 Å². The van der Waals surface area contributed by atoms with Gasteiger partial charge in [-0.1, -0.05) is 18.2 Å². The number of pyridine rings is 1. The maximum absolute atomic E-state index is 6.17. The molecular weight excluding hydrogens is 326 g/mol. The standard InChI is InChI=1S/C21H23N3O2/c1-2-9-23-20(6-1)25-13-17-8-11-26-21(17)14-24(15-21)12-16-4-3-5-19-18(16)7-10-22-19/h1-7,9-10,17,22H,8,11-15H2. The molecule has 26 heavy (non-hydrogen) atoms. The molecule has 3 aromatic rings. The number of ether oxygens (including phenoxy) is 2. The number of likely N-dealkylation sites (tertiary alicyclic amines) is 1. The van der Waals surface area contributed by atoms with Crippen LogP contribution >= 0.6 is 0 Å². The van der Waals surface area contributed by atoms with Crippen molar-refractivity contribution in [1.82, 2.24) is 14.9 Å². The summed E-state index contributed by atoms with van der Waals surface area (Å²) in [5.74, 6) is 1.13. The van der Waals surface area contributed by atoms with Gasteiger partial charge in [0.2, 0.25) is 5.88 Å². The Morgan fingerprint density at radius 1 is 1.19 bits per heavy atom. The van der Waals surface area contributed by atoms with Gasteiger partial charge >= 0.3 is 0 Å².